The number of rotatable bonds is 7. The maximum Gasteiger partial charge on any atom is 0.319 e. The molecule has 148 valence electrons. The highest BCUT2D eigenvalue weighted by Crippen LogP contribution is 2.19. The second kappa shape index (κ2) is 8.45. The number of amides is 2. The van der Waals surface area contributed by atoms with E-state index in [1.807, 2.05) is 30.5 Å². The van der Waals surface area contributed by atoms with Crippen molar-refractivity contribution in [2.45, 2.75) is 18.2 Å². The minimum absolute atomic E-state index is 0.0933. The molecule has 3 aromatic rings. The maximum atomic E-state index is 12.3. The first-order valence-electron chi connectivity index (χ1n) is 8.84. The minimum atomic E-state index is -3.16. The second-order valence-electron chi connectivity index (χ2n) is 6.81. The van der Waals surface area contributed by atoms with Gasteiger partial charge in [-0.25, -0.2) is 13.2 Å². The average Bonchev–Trinajstić information content (AvgIpc) is 3.03. The Bertz CT molecular complexity index is 1080. The second-order valence-corrected chi connectivity index (χ2v) is 8.95. The summed E-state index contributed by atoms with van der Waals surface area (Å²) >= 11 is 0. The Morgan fingerprint density at radius 2 is 1.96 bits per heavy atom. The fraction of sp³-hybridized carbons (Fsp3) is 0.250. The van der Waals surface area contributed by atoms with Crippen molar-refractivity contribution in [1.29, 1.82) is 0 Å². The van der Waals surface area contributed by atoms with Gasteiger partial charge in [0.2, 0.25) is 0 Å². The molecule has 1 unspecified atom stereocenters. The van der Waals surface area contributed by atoms with E-state index in [9.17, 15) is 18.3 Å². The predicted molar refractivity (Wildman–Crippen MR) is 110 cm³/mol. The van der Waals surface area contributed by atoms with Gasteiger partial charge in [-0.1, -0.05) is 30.3 Å². The first kappa shape index (κ1) is 19.9. The molecule has 0 aliphatic carbocycles. The average molecular weight is 401 g/mol. The summed E-state index contributed by atoms with van der Waals surface area (Å²) in [6.45, 7) is -0.207. The largest absolute Gasteiger partial charge is 0.394 e. The Hall–Kier alpha value is -2.84. The van der Waals surface area contributed by atoms with Gasteiger partial charge in [0.05, 0.1) is 18.4 Å². The molecule has 3 rings (SSSR count). The van der Waals surface area contributed by atoms with Gasteiger partial charge >= 0.3 is 6.03 Å². The van der Waals surface area contributed by atoms with Crippen LogP contribution in [0.4, 0.5) is 10.5 Å². The zero-order valence-electron chi connectivity index (χ0n) is 15.5. The summed E-state index contributed by atoms with van der Waals surface area (Å²) in [5.74, 6) is -0.0933. The van der Waals surface area contributed by atoms with E-state index in [1.54, 1.807) is 24.3 Å². The van der Waals surface area contributed by atoms with Gasteiger partial charge in [-0.05, 0) is 35.7 Å². The van der Waals surface area contributed by atoms with Crippen LogP contribution in [0.3, 0.4) is 0 Å². The van der Waals surface area contributed by atoms with Gasteiger partial charge in [0.1, 0.15) is 0 Å². The molecule has 2 amide bonds. The van der Waals surface area contributed by atoms with Gasteiger partial charge in [-0.2, -0.15) is 0 Å². The number of urea groups is 1. The number of aromatic nitrogens is 1. The number of para-hydroxylation sites is 1. The van der Waals surface area contributed by atoms with Crippen LogP contribution < -0.4 is 10.6 Å². The van der Waals surface area contributed by atoms with E-state index in [0.717, 1.165) is 22.7 Å². The molecule has 7 nitrogen and oxygen atoms in total. The lowest BCUT2D eigenvalue weighted by atomic mass is 10.1. The van der Waals surface area contributed by atoms with Crippen molar-refractivity contribution in [3.63, 3.8) is 0 Å². The molecule has 0 aliphatic rings. The summed E-state index contributed by atoms with van der Waals surface area (Å²) in [5, 5.41) is 16.2. The van der Waals surface area contributed by atoms with Crippen LogP contribution in [0.25, 0.3) is 10.9 Å². The highest BCUT2D eigenvalue weighted by Gasteiger charge is 2.15. The van der Waals surface area contributed by atoms with Crippen LogP contribution in [0.2, 0.25) is 0 Å². The number of aliphatic hydroxyl groups excluding tert-OH is 1. The van der Waals surface area contributed by atoms with E-state index < -0.39 is 21.9 Å². The quantitative estimate of drug-likeness (QED) is 0.487. The Morgan fingerprint density at radius 3 is 2.71 bits per heavy atom. The smallest absolute Gasteiger partial charge is 0.319 e. The molecule has 2 aromatic carbocycles. The molecular weight excluding hydrogens is 378 g/mol. The fourth-order valence-electron chi connectivity index (χ4n) is 3.12. The molecule has 4 N–H and O–H groups in total. The van der Waals surface area contributed by atoms with Crippen molar-refractivity contribution in [2.75, 3.05) is 18.2 Å². The number of fused-ring (bicyclic) bond motifs is 1. The number of carbonyl (C=O) groups is 1. The van der Waals surface area contributed by atoms with Gasteiger partial charge in [-0.15, -0.1) is 0 Å². The maximum absolute atomic E-state index is 12.3. The fourth-order valence-corrected chi connectivity index (χ4v) is 3.91. The molecule has 1 heterocycles. The number of nitrogens with one attached hydrogen (secondary N) is 3. The van der Waals surface area contributed by atoms with E-state index in [1.165, 1.54) is 0 Å². The van der Waals surface area contributed by atoms with Gasteiger partial charge in [-0.3, -0.25) is 0 Å². The van der Waals surface area contributed by atoms with E-state index in [2.05, 4.69) is 15.6 Å². The van der Waals surface area contributed by atoms with Gasteiger partial charge in [0.15, 0.2) is 9.84 Å². The van der Waals surface area contributed by atoms with Crippen LogP contribution >= 0.6 is 0 Å². The zero-order chi connectivity index (χ0) is 20.1. The lowest BCUT2D eigenvalue weighted by molar-refractivity contribution is 0.224. The van der Waals surface area contributed by atoms with Gasteiger partial charge < -0.3 is 20.7 Å². The number of anilines is 1. The first-order chi connectivity index (χ1) is 13.3. The number of aliphatic hydroxyl groups is 1. The summed E-state index contributed by atoms with van der Waals surface area (Å²) in [4.78, 5) is 15.5. The Kier molecular flexibility index (Phi) is 6.01. The van der Waals surface area contributed by atoms with E-state index in [-0.39, 0.29) is 12.4 Å². The number of sulfone groups is 1. The lowest BCUT2D eigenvalue weighted by Gasteiger charge is -2.17. The molecule has 0 bridgehead atoms. The minimum Gasteiger partial charge on any atom is -0.394 e. The first-order valence-corrected chi connectivity index (χ1v) is 10.9. The van der Waals surface area contributed by atoms with E-state index in [0.29, 0.717) is 17.7 Å². The Morgan fingerprint density at radius 1 is 1.18 bits per heavy atom. The molecular formula is C20H23N3O4S. The molecule has 1 aromatic heterocycles. The SMILES string of the molecule is CS(=O)(=O)Cc1cccc(NC(=O)NC(CO)Cc2c[nH]c3ccccc23)c1. The lowest BCUT2D eigenvalue weighted by Crippen LogP contribution is -2.41. The molecule has 0 saturated heterocycles. The van der Waals surface area contributed by atoms with Crippen molar-refractivity contribution >= 4 is 32.5 Å². The van der Waals surface area contributed by atoms with Crippen LogP contribution in [0, 0.1) is 0 Å². The Labute approximate surface area is 163 Å². The Balaban J connectivity index is 1.63. The van der Waals surface area contributed by atoms with Crippen LogP contribution in [-0.2, 0) is 22.0 Å². The summed E-state index contributed by atoms with van der Waals surface area (Å²) in [6, 6.07) is 13.6. The van der Waals surface area contributed by atoms with Crippen molar-refractivity contribution in [3.8, 4) is 0 Å². The third kappa shape index (κ3) is 5.34. The summed E-state index contributed by atoms with van der Waals surface area (Å²) in [6.07, 6.45) is 3.51. The van der Waals surface area contributed by atoms with Crippen molar-refractivity contribution in [3.05, 3.63) is 65.9 Å². The third-order valence-corrected chi connectivity index (χ3v) is 5.17. The highest BCUT2D eigenvalue weighted by molar-refractivity contribution is 7.89. The van der Waals surface area contributed by atoms with Crippen molar-refractivity contribution in [1.82, 2.24) is 10.3 Å². The summed E-state index contributed by atoms with van der Waals surface area (Å²) in [7, 11) is -3.16. The number of aromatic amines is 1. The van der Waals surface area contributed by atoms with E-state index >= 15 is 0 Å². The molecule has 0 spiro atoms. The molecule has 1 atom stereocenters. The predicted octanol–water partition coefficient (Wildman–Crippen LogP) is 2.44. The zero-order valence-corrected chi connectivity index (χ0v) is 16.3. The van der Waals surface area contributed by atoms with Crippen LogP contribution in [0.15, 0.2) is 54.7 Å². The molecule has 28 heavy (non-hydrogen) atoms. The number of benzene rings is 2. The van der Waals surface area contributed by atoms with Crippen LogP contribution in [0.1, 0.15) is 11.1 Å². The standard InChI is InChI=1S/C20H23N3O4S/c1-28(26,27)13-14-5-4-6-16(9-14)22-20(25)23-17(12-24)10-15-11-21-19-8-3-2-7-18(15)19/h2-9,11,17,21,24H,10,12-13H2,1H3,(H2,22,23,25). The highest BCUT2D eigenvalue weighted by atomic mass is 32.2. The topological polar surface area (TPSA) is 111 Å². The number of hydrogen-bond donors (Lipinski definition) is 4. The monoisotopic (exact) mass is 401 g/mol. The third-order valence-electron chi connectivity index (χ3n) is 4.31. The van der Waals surface area contributed by atoms with Crippen molar-refractivity contribution < 1.29 is 18.3 Å². The number of carbonyl (C=O) groups excluding carboxylic acids is 1. The van der Waals surface area contributed by atoms with Crippen LogP contribution in [-0.4, -0.2) is 43.4 Å². The molecule has 0 aliphatic heterocycles. The molecule has 8 heteroatoms. The number of hydrogen-bond acceptors (Lipinski definition) is 4. The summed E-state index contributed by atoms with van der Waals surface area (Å²) in [5.41, 5.74) is 3.09. The normalized spacial score (nSPS) is 12.6. The van der Waals surface area contributed by atoms with Crippen LogP contribution in [0.5, 0.6) is 0 Å². The van der Waals surface area contributed by atoms with Gasteiger partial charge in [0.25, 0.3) is 0 Å². The molecule has 0 radical (unpaired) electrons. The van der Waals surface area contributed by atoms with Gasteiger partial charge in [0, 0.05) is 29.0 Å². The molecule has 0 fully saturated rings. The van der Waals surface area contributed by atoms with E-state index in [4.69, 9.17) is 0 Å². The molecule has 0 saturated carbocycles. The van der Waals surface area contributed by atoms with Crippen molar-refractivity contribution in [2.24, 2.45) is 0 Å². The summed E-state index contributed by atoms with van der Waals surface area (Å²) < 4.78 is 22.9. The number of H-pyrrole nitrogens is 1.